The van der Waals surface area contributed by atoms with Crippen molar-refractivity contribution in [2.24, 2.45) is 0 Å². The van der Waals surface area contributed by atoms with Crippen LogP contribution in [0.3, 0.4) is 0 Å². The molecular weight excluding hydrogens is 430 g/mol. The molecule has 0 spiro atoms. The topological polar surface area (TPSA) is 54.3 Å². The Hall–Kier alpha value is -3.38. The highest BCUT2D eigenvalue weighted by molar-refractivity contribution is 7.16. The molecule has 2 amide bonds. The van der Waals surface area contributed by atoms with Crippen LogP contribution in [0.25, 0.3) is 10.2 Å². The van der Waals surface area contributed by atoms with Gasteiger partial charge in [-0.25, -0.2) is 0 Å². The molecule has 4 aromatic rings. The number of nitrogens with one attached hydrogen (secondary N) is 1. The number of rotatable bonds is 5. The van der Waals surface area contributed by atoms with Crippen molar-refractivity contribution in [2.75, 3.05) is 4.90 Å². The first kappa shape index (κ1) is 21.5. The predicted octanol–water partition coefficient (Wildman–Crippen LogP) is 5.56. The van der Waals surface area contributed by atoms with Crippen molar-refractivity contribution in [2.45, 2.75) is 45.3 Å². The van der Waals surface area contributed by atoms with E-state index in [1.54, 1.807) is 16.2 Å². The summed E-state index contributed by atoms with van der Waals surface area (Å²) in [6.07, 6.45) is 0. The molecule has 0 aliphatic carbocycles. The van der Waals surface area contributed by atoms with Gasteiger partial charge in [-0.1, -0.05) is 56.3 Å². The summed E-state index contributed by atoms with van der Waals surface area (Å²) in [4.78, 5) is 30.2. The molecule has 0 unspecified atom stereocenters. The highest BCUT2D eigenvalue weighted by Gasteiger charge is 2.48. The second-order valence-electron chi connectivity index (χ2n) is 9.13. The van der Waals surface area contributed by atoms with Gasteiger partial charge in [0.15, 0.2) is 0 Å². The Morgan fingerprint density at radius 2 is 1.82 bits per heavy atom. The molecule has 1 aliphatic heterocycles. The summed E-state index contributed by atoms with van der Waals surface area (Å²) in [7, 11) is 0. The van der Waals surface area contributed by atoms with E-state index in [9.17, 15) is 9.59 Å². The summed E-state index contributed by atoms with van der Waals surface area (Å²) in [5.41, 5.74) is 2.50. The van der Waals surface area contributed by atoms with E-state index in [2.05, 4.69) is 19.2 Å². The Labute approximate surface area is 197 Å². The fourth-order valence-electron chi connectivity index (χ4n) is 4.58. The smallest absolute Gasteiger partial charge is 0.275 e. The molecule has 0 bridgehead atoms. The van der Waals surface area contributed by atoms with Gasteiger partial charge < -0.3 is 9.88 Å². The van der Waals surface area contributed by atoms with Crippen LogP contribution in [0.2, 0.25) is 0 Å². The molecule has 33 heavy (non-hydrogen) atoms. The predicted molar refractivity (Wildman–Crippen MR) is 134 cm³/mol. The summed E-state index contributed by atoms with van der Waals surface area (Å²) in [6, 6.07) is 21.8. The Morgan fingerprint density at radius 1 is 1.09 bits per heavy atom. The molecule has 2 aromatic carbocycles. The number of hydrogen-bond donors (Lipinski definition) is 1. The van der Waals surface area contributed by atoms with Crippen molar-refractivity contribution in [3.05, 3.63) is 88.9 Å². The van der Waals surface area contributed by atoms with Crippen LogP contribution in [0.15, 0.2) is 72.1 Å². The minimum absolute atomic E-state index is 0.153. The summed E-state index contributed by atoms with van der Waals surface area (Å²) in [6.45, 7) is 6.95. The first-order chi connectivity index (χ1) is 15.9. The highest BCUT2D eigenvalue weighted by atomic mass is 32.1. The Bertz CT molecular complexity index is 1320. The third kappa shape index (κ3) is 3.64. The molecule has 0 radical (unpaired) electrons. The van der Waals surface area contributed by atoms with Gasteiger partial charge in [-0.05, 0) is 53.6 Å². The number of anilines is 1. The van der Waals surface area contributed by atoms with Gasteiger partial charge in [0.05, 0.1) is 6.54 Å². The zero-order chi connectivity index (χ0) is 23.2. The fraction of sp³-hybridized carbons (Fsp3) is 0.259. The molecule has 1 atom stereocenters. The summed E-state index contributed by atoms with van der Waals surface area (Å²) in [5.74, 6) is 0.0664. The van der Waals surface area contributed by atoms with Gasteiger partial charge in [0.2, 0.25) is 5.91 Å². The molecule has 1 N–H and O–H groups in total. The SMILES string of the molecule is CC(C)c1ccc(N2C(=O)c3cc4ccsc4n3C[C@@]2(C)C(=O)NCc2ccccc2)cc1. The number of thiophene rings is 1. The molecule has 0 saturated carbocycles. The third-order valence-electron chi connectivity index (χ3n) is 6.49. The summed E-state index contributed by atoms with van der Waals surface area (Å²) < 4.78 is 2.00. The van der Waals surface area contributed by atoms with Crippen molar-refractivity contribution < 1.29 is 9.59 Å². The summed E-state index contributed by atoms with van der Waals surface area (Å²) >= 11 is 1.60. The summed E-state index contributed by atoms with van der Waals surface area (Å²) in [5, 5.41) is 6.14. The molecule has 2 aromatic heterocycles. The lowest BCUT2D eigenvalue weighted by molar-refractivity contribution is -0.126. The zero-order valence-electron chi connectivity index (χ0n) is 19.0. The number of fused-ring (bicyclic) bond motifs is 3. The van der Waals surface area contributed by atoms with E-state index >= 15 is 0 Å². The second-order valence-corrected chi connectivity index (χ2v) is 10.0. The van der Waals surface area contributed by atoms with E-state index < -0.39 is 5.54 Å². The number of hydrogen-bond acceptors (Lipinski definition) is 3. The second kappa shape index (κ2) is 8.19. The van der Waals surface area contributed by atoms with Gasteiger partial charge in [0, 0.05) is 17.6 Å². The van der Waals surface area contributed by atoms with Gasteiger partial charge in [0.1, 0.15) is 16.1 Å². The molecule has 5 nitrogen and oxygen atoms in total. The average molecular weight is 458 g/mol. The van der Waals surface area contributed by atoms with E-state index in [1.165, 1.54) is 5.56 Å². The van der Waals surface area contributed by atoms with Gasteiger partial charge in [-0.15, -0.1) is 11.3 Å². The lowest BCUT2D eigenvalue weighted by Gasteiger charge is -2.44. The molecular formula is C27H27N3O2S. The minimum Gasteiger partial charge on any atom is -0.350 e. The average Bonchev–Trinajstić information content (AvgIpc) is 3.41. The maximum atomic E-state index is 13.8. The van der Waals surface area contributed by atoms with E-state index in [0.717, 1.165) is 21.5 Å². The lowest BCUT2D eigenvalue weighted by atomic mass is 9.93. The molecule has 3 heterocycles. The van der Waals surface area contributed by atoms with E-state index in [1.807, 2.05) is 83.6 Å². The molecule has 0 saturated heterocycles. The largest absolute Gasteiger partial charge is 0.350 e. The van der Waals surface area contributed by atoms with Crippen LogP contribution in [0.1, 0.15) is 48.3 Å². The Balaban J connectivity index is 1.56. The van der Waals surface area contributed by atoms with Gasteiger partial charge in [-0.2, -0.15) is 0 Å². The molecule has 6 heteroatoms. The number of carbonyl (C=O) groups is 2. The van der Waals surface area contributed by atoms with Crippen molar-refractivity contribution in [3.63, 3.8) is 0 Å². The van der Waals surface area contributed by atoms with Crippen molar-refractivity contribution in [1.82, 2.24) is 9.88 Å². The van der Waals surface area contributed by atoms with Gasteiger partial charge in [-0.3, -0.25) is 14.5 Å². The van der Waals surface area contributed by atoms with Gasteiger partial charge in [0.25, 0.3) is 5.91 Å². The first-order valence-corrected chi connectivity index (χ1v) is 12.1. The zero-order valence-corrected chi connectivity index (χ0v) is 19.9. The van der Waals surface area contributed by atoms with Gasteiger partial charge >= 0.3 is 0 Å². The van der Waals surface area contributed by atoms with Crippen LogP contribution >= 0.6 is 11.3 Å². The Kier molecular flexibility index (Phi) is 5.33. The molecule has 168 valence electrons. The van der Waals surface area contributed by atoms with Crippen LogP contribution in [0.5, 0.6) is 0 Å². The highest BCUT2D eigenvalue weighted by Crippen LogP contribution is 2.37. The van der Waals surface area contributed by atoms with Crippen LogP contribution in [-0.2, 0) is 17.9 Å². The number of aromatic nitrogens is 1. The molecule has 0 fully saturated rings. The normalized spacial score (nSPS) is 18.1. The standard InChI is InChI=1S/C27H27N3O2S/c1-18(2)20-9-11-22(12-10-20)30-24(31)23-15-21-13-14-33-25(21)29(23)17-27(30,3)26(32)28-16-19-7-5-4-6-8-19/h4-15,18H,16-17H2,1-3H3,(H,28,32)/t27-/m0/s1. The lowest BCUT2D eigenvalue weighted by Crippen LogP contribution is -2.64. The maximum Gasteiger partial charge on any atom is 0.275 e. The minimum atomic E-state index is -1.08. The molecule has 1 aliphatic rings. The fourth-order valence-corrected chi connectivity index (χ4v) is 5.48. The van der Waals surface area contributed by atoms with Crippen LogP contribution < -0.4 is 10.2 Å². The van der Waals surface area contributed by atoms with Crippen LogP contribution in [-0.4, -0.2) is 21.9 Å². The van der Waals surface area contributed by atoms with Crippen LogP contribution in [0, 0.1) is 0 Å². The number of carbonyl (C=O) groups excluding carboxylic acids is 2. The molecule has 5 rings (SSSR count). The first-order valence-electron chi connectivity index (χ1n) is 11.2. The van der Waals surface area contributed by atoms with Crippen LogP contribution in [0.4, 0.5) is 5.69 Å². The van der Waals surface area contributed by atoms with Crippen molar-refractivity contribution in [1.29, 1.82) is 0 Å². The quantitative estimate of drug-likeness (QED) is 0.426. The third-order valence-corrected chi connectivity index (χ3v) is 7.44. The Morgan fingerprint density at radius 3 is 2.52 bits per heavy atom. The van der Waals surface area contributed by atoms with E-state index in [4.69, 9.17) is 0 Å². The number of benzene rings is 2. The van der Waals surface area contributed by atoms with E-state index in [0.29, 0.717) is 24.7 Å². The number of amides is 2. The number of nitrogens with zero attached hydrogens (tertiary/aromatic N) is 2. The van der Waals surface area contributed by atoms with Crippen molar-refractivity contribution in [3.8, 4) is 0 Å². The monoisotopic (exact) mass is 457 g/mol. The van der Waals surface area contributed by atoms with Crippen molar-refractivity contribution >= 4 is 39.1 Å². The van der Waals surface area contributed by atoms with E-state index in [-0.39, 0.29) is 11.8 Å². The maximum absolute atomic E-state index is 13.8.